The number of carbonyl (C=O) groups excluding carboxylic acids is 1. The Hall–Kier alpha value is -2.69. The molecule has 122 valence electrons. The van der Waals surface area contributed by atoms with Crippen molar-refractivity contribution in [2.75, 3.05) is 21.3 Å². The molecule has 1 N–H and O–H groups in total. The molecular weight excluding hydrogens is 296 g/mol. The molecule has 0 heterocycles. The molecule has 0 aliphatic heterocycles. The number of hydrogen-bond acceptors (Lipinski definition) is 5. The highest BCUT2D eigenvalue weighted by molar-refractivity contribution is 6.06. The molecule has 1 aromatic rings. The van der Waals surface area contributed by atoms with Gasteiger partial charge in [0.1, 0.15) is 17.3 Å². The van der Waals surface area contributed by atoms with Gasteiger partial charge in [-0.05, 0) is 24.3 Å². The van der Waals surface area contributed by atoms with Gasteiger partial charge in [-0.15, -0.1) is 0 Å². The summed E-state index contributed by atoms with van der Waals surface area (Å²) >= 11 is 0. The Balaban J connectivity index is 2.08. The molecule has 1 atom stereocenters. The lowest BCUT2D eigenvalue weighted by Crippen LogP contribution is -2.07. The normalized spacial score (nSPS) is 17.4. The predicted octanol–water partition coefficient (Wildman–Crippen LogP) is 3.22. The van der Waals surface area contributed by atoms with E-state index in [1.54, 1.807) is 32.4 Å². The summed E-state index contributed by atoms with van der Waals surface area (Å²) in [5.41, 5.74) is 0.238. The van der Waals surface area contributed by atoms with Gasteiger partial charge in [0.25, 0.3) is 0 Å². The predicted molar refractivity (Wildman–Crippen MR) is 86.4 cm³/mol. The molecule has 0 bridgehead atoms. The molecule has 5 heteroatoms. The molecule has 0 spiro atoms. The lowest BCUT2D eigenvalue weighted by molar-refractivity contribution is 0.104. The minimum atomic E-state index is -0.265. The molecule has 1 aliphatic rings. The number of hydrogen-bond donors (Lipinski definition) is 1. The van der Waals surface area contributed by atoms with E-state index in [0.717, 1.165) is 5.76 Å². The Morgan fingerprint density at radius 3 is 2.61 bits per heavy atom. The Morgan fingerprint density at radius 2 is 2.00 bits per heavy atom. The smallest absolute Gasteiger partial charge is 0.189 e. The third-order valence-electron chi connectivity index (χ3n) is 3.62. The van der Waals surface area contributed by atoms with Crippen molar-refractivity contribution in [3.8, 4) is 11.5 Å². The zero-order valence-corrected chi connectivity index (χ0v) is 13.4. The van der Waals surface area contributed by atoms with E-state index in [9.17, 15) is 9.90 Å². The summed E-state index contributed by atoms with van der Waals surface area (Å²) in [6.45, 7) is 0. The zero-order chi connectivity index (χ0) is 16.8. The fourth-order valence-corrected chi connectivity index (χ4v) is 2.33. The first-order valence-electron chi connectivity index (χ1n) is 7.18. The largest absolute Gasteiger partial charge is 0.507 e. The fraction of sp³-hybridized carbons (Fsp3) is 0.278. The molecule has 1 aliphatic carbocycles. The van der Waals surface area contributed by atoms with Crippen molar-refractivity contribution in [2.45, 2.75) is 6.42 Å². The van der Waals surface area contributed by atoms with E-state index in [2.05, 4.69) is 0 Å². The maximum atomic E-state index is 12.2. The Kier molecular flexibility index (Phi) is 5.46. The van der Waals surface area contributed by atoms with Gasteiger partial charge in [0.2, 0.25) is 0 Å². The van der Waals surface area contributed by atoms with Crippen LogP contribution in [0.5, 0.6) is 11.5 Å². The van der Waals surface area contributed by atoms with E-state index < -0.39 is 0 Å². The van der Waals surface area contributed by atoms with Crippen LogP contribution in [-0.4, -0.2) is 32.2 Å². The van der Waals surface area contributed by atoms with E-state index in [1.807, 2.05) is 12.2 Å². The monoisotopic (exact) mass is 316 g/mol. The zero-order valence-electron chi connectivity index (χ0n) is 13.4. The van der Waals surface area contributed by atoms with Crippen LogP contribution in [-0.2, 0) is 9.47 Å². The lowest BCUT2D eigenvalue weighted by atomic mass is 9.97. The summed E-state index contributed by atoms with van der Waals surface area (Å²) in [4.78, 5) is 12.2. The van der Waals surface area contributed by atoms with Gasteiger partial charge in [-0.25, -0.2) is 0 Å². The molecule has 0 fully saturated rings. The van der Waals surface area contributed by atoms with Crippen molar-refractivity contribution >= 4 is 5.78 Å². The maximum absolute atomic E-state index is 12.2. The highest BCUT2D eigenvalue weighted by atomic mass is 16.5. The van der Waals surface area contributed by atoms with E-state index in [0.29, 0.717) is 17.9 Å². The molecule has 0 aromatic heterocycles. The van der Waals surface area contributed by atoms with Gasteiger partial charge in [0.05, 0.1) is 26.9 Å². The molecule has 0 saturated carbocycles. The van der Waals surface area contributed by atoms with Crippen LogP contribution in [0.15, 0.2) is 54.0 Å². The van der Waals surface area contributed by atoms with Crippen molar-refractivity contribution in [2.24, 2.45) is 5.92 Å². The van der Waals surface area contributed by atoms with Crippen LogP contribution in [0.1, 0.15) is 16.8 Å². The van der Waals surface area contributed by atoms with Crippen molar-refractivity contribution in [3.05, 3.63) is 59.6 Å². The summed E-state index contributed by atoms with van der Waals surface area (Å²) in [7, 11) is 4.68. The summed E-state index contributed by atoms with van der Waals surface area (Å²) in [6.07, 6.45) is 7.63. The van der Waals surface area contributed by atoms with Gasteiger partial charge >= 0.3 is 0 Å². The summed E-state index contributed by atoms with van der Waals surface area (Å²) < 4.78 is 15.5. The molecule has 0 radical (unpaired) electrons. The van der Waals surface area contributed by atoms with Crippen molar-refractivity contribution < 1.29 is 24.1 Å². The van der Waals surface area contributed by atoms with E-state index in [4.69, 9.17) is 14.2 Å². The van der Waals surface area contributed by atoms with E-state index in [-0.39, 0.29) is 23.0 Å². The number of ketones is 1. The van der Waals surface area contributed by atoms with Crippen LogP contribution in [0.25, 0.3) is 0 Å². The highest BCUT2D eigenvalue weighted by Gasteiger charge is 2.16. The van der Waals surface area contributed by atoms with Crippen molar-refractivity contribution in [1.82, 2.24) is 0 Å². The summed E-state index contributed by atoms with van der Waals surface area (Å²) in [5.74, 6) is 1.60. The highest BCUT2D eigenvalue weighted by Crippen LogP contribution is 2.27. The second kappa shape index (κ2) is 7.54. The third-order valence-corrected chi connectivity index (χ3v) is 3.62. The van der Waals surface area contributed by atoms with Crippen molar-refractivity contribution in [1.29, 1.82) is 0 Å². The van der Waals surface area contributed by atoms with Gasteiger partial charge in [-0.3, -0.25) is 4.79 Å². The average molecular weight is 316 g/mol. The molecule has 1 unspecified atom stereocenters. The molecule has 0 saturated heterocycles. The number of methoxy groups -OCH3 is 3. The quantitative estimate of drug-likeness (QED) is 0.645. The average Bonchev–Trinajstić information content (AvgIpc) is 2.59. The number of aromatic hydroxyl groups is 1. The lowest BCUT2D eigenvalue weighted by Gasteiger charge is -2.18. The fourth-order valence-electron chi connectivity index (χ4n) is 2.33. The Labute approximate surface area is 135 Å². The molecule has 5 nitrogen and oxygen atoms in total. The number of phenolic OH excluding ortho intramolecular Hbond substituents is 1. The molecule has 2 rings (SSSR count). The SMILES string of the molecule is COC1=C(OC)CC(C=CC(=O)c2ccc(OC)cc2O)C=C1. The van der Waals surface area contributed by atoms with Gasteiger partial charge in [0, 0.05) is 18.4 Å². The van der Waals surface area contributed by atoms with Crippen LogP contribution in [0.3, 0.4) is 0 Å². The second-order valence-corrected chi connectivity index (χ2v) is 5.03. The summed E-state index contributed by atoms with van der Waals surface area (Å²) in [5, 5.41) is 9.88. The third kappa shape index (κ3) is 3.94. The minimum absolute atomic E-state index is 0.0354. The van der Waals surface area contributed by atoms with Crippen LogP contribution in [0.2, 0.25) is 0 Å². The first-order valence-corrected chi connectivity index (χ1v) is 7.18. The molecule has 0 amide bonds. The number of rotatable bonds is 6. The minimum Gasteiger partial charge on any atom is -0.507 e. The van der Waals surface area contributed by atoms with Crippen LogP contribution < -0.4 is 4.74 Å². The van der Waals surface area contributed by atoms with Crippen LogP contribution in [0, 0.1) is 5.92 Å². The topological polar surface area (TPSA) is 65.0 Å². The van der Waals surface area contributed by atoms with E-state index >= 15 is 0 Å². The Bertz CT molecular complexity index is 670. The van der Waals surface area contributed by atoms with Gasteiger partial charge < -0.3 is 19.3 Å². The standard InChI is InChI=1S/C18H20O5/c1-21-13-6-7-14(16(20)11-13)15(19)8-4-12-5-9-17(22-2)18(10-12)23-3/h4-9,11-12,20H,10H2,1-3H3. The van der Waals surface area contributed by atoms with Gasteiger partial charge in [0.15, 0.2) is 11.5 Å². The molecular formula is C18H20O5. The van der Waals surface area contributed by atoms with Crippen molar-refractivity contribution in [3.63, 3.8) is 0 Å². The number of carbonyl (C=O) groups is 1. The van der Waals surface area contributed by atoms with E-state index in [1.165, 1.54) is 19.3 Å². The molecule has 23 heavy (non-hydrogen) atoms. The number of benzene rings is 1. The number of phenols is 1. The maximum Gasteiger partial charge on any atom is 0.189 e. The molecule has 1 aromatic carbocycles. The van der Waals surface area contributed by atoms with Gasteiger partial charge in [-0.1, -0.05) is 12.2 Å². The first kappa shape index (κ1) is 16.7. The Morgan fingerprint density at radius 1 is 1.22 bits per heavy atom. The van der Waals surface area contributed by atoms with Crippen LogP contribution in [0.4, 0.5) is 0 Å². The van der Waals surface area contributed by atoms with Crippen LogP contribution >= 0.6 is 0 Å². The first-order chi connectivity index (χ1) is 11.1. The van der Waals surface area contributed by atoms with Gasteiger partial charge in [-0.2, -0.15) is 0 Å². The summed E-state index contributed by atoms with van der Waals surface area (Å²) in [6, 6.07) is 4.59. The number of allylic oxidation sites excluding steroid dienone is 5. The second-order valence-electron chi connectivity index (χ2n) is 5.03. The number of ether oxygens (including phenoxy) is 3.